The zero-order valence-corrected chi connectivity index (χ0v) is 22.3. The van der Waals surface area contributed by atoms with Gasteiger partial charge in [0.1, 0.15) is 0 Å². The average molecular weight is 482 g/mol. The van der Waals surface area contributed by atoms with E-state index >= 15 is 0 Å². The lowest BCUT2D eigenvalue weighted by Gasteiger charge is -2.12. The minimum Gasteiger partial charge on any atom is -0.381 e. The fourth-order valence-electron chi connectivity index (χ4n) is 5.16. The van der Waals surface area contributed by atoms with Crippen LogP contribution in [0.1, 0.15) is 62.5 Å². The molecule has 0 aliphatic rings. The first kappa shape index (κ1) is 26.2. The van der Waals surface area contributed by atoms with E-state index in [0.29, 0.717) is 0 Å². The Morgan fingerprint density at radius 2 is 1.22 bits per heavy atom. The van der Waals surface area contributed by atoms with Gasteiger partial charge in [0.05, 0.1) is 6.61 Å². The van der Waals surface area contributed by atoms with Crippen molar-refractivity contribution in [3.05, 3.63) is 90.0 Å². The van der Waals surface area contributed by atoms with Gasteiger partial charge in [-0.15, -0.1) is 0 Å². The summed E-state index contributed by atoms with van der Waals surface area (Å²) in [6, 6.07) is 28.9. The highest BCUT2D eigenvalue weighted by Crippen LogP contribution is 2.28. The van der Waals surface area contributed by atoms with Crippen LogP contribution in [0.3, 0.4) is 0 Å². The predicted octanol–water partition coefficient (Wildman–Crippen LogP) is 8.98. The SMILES string of the molecule is CN(C)c1ccc(CCOCCCCCCCCCCc2cccc3c2ccc2ccccc23)cc1. The molecular formula is C34H43NO. The number of ether oxygens (including phenoxy) is 1. The number of nitrogens with zero attached hydrogens (tertiary/aromatic N) is 1. The molecule has 190 valence electrons. The molecule has 0 radical (unpaired) electrons. The Morgan fingerprint density at radius 3 is 2.00 bits per heavy atom. The Balaban J connectivity index is 1.02. The average Bonchev–Trinajstić information content (AvgIpc) is 2.91. The topological polar surface area (TPSA) is 12.5 Å². The molecule has 36 heavy (non-hydrogen) atoms. The number of hydrogen-bond acceptors (Lipinski definition) is 2. The Morgan fingerprint density at radius 1 is 0.528 bits per heavy atom. The van der Waals surface area contributed by atoms with Crippen molar-refractivity contribution in [2.24, 2.45) is 0 Å². The summed E-state index contributed by atoms with van der Waals surface area (Å²) in [6.45, 7) is 1.73. The van der Waals surface area contributed by atoms with Crippen LogP contribution >= 0.6 is 0 Å². The molecule has 0 aromatic heterocycles. The molecule has 0 saturated heterocycles. The molecule has 0 N–H and O–H groups in total. The number of anilines is 1. The third kappa shape index (κ3) is 7.58. The highest BCUT2D eigenvalue weighted by atomic mass is 16.5. The molecule has 0 atom stereocenters. The summed E-state index contributed by atoms with van der Waals surface area (Å²) in [7, 11) is 4.15. The van der Waals surface area contributed by atoms with Crippen molar-refractivity contribution >= 4 is 27.2 Å². The van der Waals surface area contributed by atoms with Crippen LogP contribution in [0.5, 0.6) is 0 Å². The fourth-order valence-corrected chi connectivity index (χ4v) is 5.16. The molecule has 2 nitrogen and oxygen atoms in total. The standard InChI is InChI=1S/C34H43NO/c1-35(2)31-22-19-28(20-23-31)25-27-36-26-12-8-6-4-3-5-7-9-14-29-16-13-18-34-32-17-11-10-15-30(32)21-24-33(29)34/h10-11,13,15-24H,3-9,12,14,25-27H2,1-2H3. The molecule has 0 unspecified atom stereocenters. The maximum Gasteiger partial charge on any atom is 0.0506 e. The molecule has 0 aliphatic carbocycles. The fraction of sp³-hybridized carbons (Fsp3) is 0.412. The number of rotatable bonds is 15. The maximum absolute atomic E-state index is 5.86. The molecule has 0 bridgehead atoms. The summed E-state index contributed by atoms with van der Waals surface area (Å²) in [5, 5.41) is 5.53. The van der Waals surface area contributed by atoms with Gasteiger partial charge in [-0.25, -0.2) is 0 Å². The molecule has 0 amide bonds. The monoisotopic (exact) mass is 481 g/mol. The minimum atomic E-state index is 0.828. The van der Waals surface area contributed by atoms with Gasteiger partial charge in [-0.1, -0.05) is 105 Å². The van der Waals surface area contributed by atoms with Crippen LogP contribution in [0, 0.1) is 0 Å². The zero-order chi connectivity index (χ0) is 25.0. The summed E-state index contributed by atoms with van der Waals surface area (Å²) in [4.78, 5) is 2.13. The van der Waals surface area contributed by atoms with E-state index in [1.807, 2.05) is 0 Å². The highest BCUT2D eigenvalue weighted by Gasteiger charge is 2.04. The number of benzene rings is 4. The van der Waals surface area contributed by atoms with Gasteiger partial charge in [0.25, 0.3) is 0 Å². The normalized spacial score (nSPS) is 11.4. The number of aryl methyl sites for hydroxylation is 1. The number of fused-ring (bicyclic) bond motifs is 3. The third-order valence-electron chi connectivity index (χ3n) is 7.35. The second-order valence-corrected chi connectivity index (χ2v) is 10.3. The van der Waals surface area contributed by atoms with Gasteiger partial charge in [-0.2, -0.15) is 0 Å². The van der Waals surface area contributed by atoms with Gasteiger partial charge < -0.3 is 9.64 Å². The summed E-state index contributed by atoms with van der Waals surface area (Å²) >= 11 is 0. The Kier molecular flexibility index (Phi) is 10.2. The lowest BCUT2D eigenvalue weighted by Crippen LogP contribution is -2.08. The molecule has 4 aromatic carbocycles. The molecule has 0 spiro atoms. The Bertz CT molecular complexity index is 1190. The van der Waals surface area contributed by atoms with E-state index in [2.05, 4.69) is 97.9 Å². The van der Waals surface area contributed by atoms with Crippen molar-refractivity contribution in [1.82, 2.24) is 0 Å². The zero-order valence-electron chi connectivity index (χ0n) is 22.3. The summed E-state index contributed by atoms with van der Waals surface area (Å²) in [5.74, 6) is 0. The predicted molar refractivity (Wildman–Crippen MR) is 157 cm³/mol. The quantitative estimate of drug-likeness (QED) is 0.124. The number of unbranched alkanes of at least 4 members (excludes halogenated alkanes) is 7. The van der Waals surface area contributed by atoms with E-state index in [4.69, 9.17) is 4.74 Å². The van der Waals surface area contributed by atoms with Crippen molar-refractivity contribution in [3.8, 4) is 0 Å². The lowest BCUT2D eigenvalue weighted by molar-refractivity contribution is 0.133. The summed E-state index contributed by atoms with van der Waals surface area (Å²) in [6.07, 6.45) is 12.7. The van der Waals surface area contributed by atoms with Crippen LogP contribution in [0.25, 0.3) is 21.5 Å². The second kappa shape index (κ2) is 14.0. The minimum absolute atomic E-state index is 0.828. The van der Waals surface area contributed by atoms with Gasteiger partial charge in [-0.3, -0.25) is 0 Å². The smallest absolute Gasteiger partial charge is 0.0506 e. The summed E-state index contributed by atoms with van der Waals surface area (Å²) in [5.41, 5.74) is 4.11. The van der Waals surface area contributed by atoms with Crippen molar-refractivity contribution in [2.45, 2.75) is 64.2 Å². The number of hydrogen-bond donors (Lipinski definition) is 0. The second-order valence-electron chi connectivity index (χ2n) is 10.3. The molecular weight excluding hydrogens is 438 g/mol. The third-order valence-corrected chi connectivity index (χ3v) is 7.35. The van der Waals surface area contributed by atoms with Crippen LogP contribution in [0.15, 0.2) is 78.9 Å². The van der Waals surface area contributed by atoms with Crippen molar-refractivity contribution in [2.75, 3.05) is 32.2 Å². The van der Waals surface area contributed by atoms with Crippen LogP contribution in [-0.4, -0.2) is 27.3 Å². The summed E-state index contributed by atoms with van der Waals surface area (Å²) < 4.78 is 5.86. The highest BCUT2D eigenvalue weighted by molar-refractivity contribution is 6.08. The molecule has 2 heteroatoms. The van der Waals surface area contributed by atoms with Crippen molar-refractivity contribution in [1.29, 1.82) is 0 Å². The molecule has 4 rings (SSSR count). The first-order chi connectivity index (χ1) is 17.7. The van der Waals surface area contributed by atoms with Crippen molar-refractivity contribution in [3.63, 3.8) is 0 Å². The Hall–Kier alpha value is -2.84. The van der Waals surface area contributed by atoms with E-state index in [-0.39, 0.29) is 0 Å². The van der Waals surface area contributed by atoms with Crippen LogP contribution in [0.4, 0.5) is 5.69 Å². The van der Waals surface area contributed by atoms with E-state index < -0.39 is 0 Å². The van der Waals surface area contributed by atoms with Crippen LogP contribution in [0.2, 0.25) is 0 Å². The molecule has 0 heterocycles. The molecule has 0 aliphatic heterocycles. The van der Waals surface area contributed by atoms with Gasteiger partial charge >= 0.3 is 0 Å². The Labute approximate surface area is 218 Å². The van der Waals surface area contributed by atoms with Gasteiger partial charge in [0.2, 0.25) is 0 Å². The largest absolute Gasteiger partial charge is 0.381 e. The van der Waals surface area contributed by atoms with Crippen LogP contribution < -0.4 is 4.90 Å². The molecule has 0 saturated carbocycles. The molecule has 0 fully saturated rings. The van der Waals surface area contributed by atoms with E-state index in [0.717, 1.165) is 19.6 Å². The van der Waals surface area contributed by atoms with Crippen LogP contribution in [-0.2, 0) is 17.6 Å². The van der Waals surface area contributed by atoms with Gasteiger partial charge in [-0.05, 0) is 70.5 Å². The van der Waals surface area contributed by atoms with E-state index in [1.165, 1.54) is 96.1 Å². The maximum atomic E-state index is 5.86. The van der Waals surface area contributed by atoms with Crippen molar-refractivity contribution < 1.29 is 4.74 Å². The van der Waals surface area contributed by atoms with Gasteiger partial charge in [0.15, 0.2) is 0 Å². The first-order valence-corrected chi connectivity index (χ1v) is 14.0. The molecule has 4 aromatic rings. The van der Waals surface area contributed by atoms with E-state index in [1.54, 1.807) is 0 Å². The van der Waals surface area contributed by atoms with Gasteiger partial charge in [0, 0.05) is 26.4 Å². The first-order valence-electron chi connectivity index (χ1n) is 14.0. The van der Waals surface area contributed by atoms with E-state index in [9.17, 15) is 0 Å². The lowest BCUT2D eigenvalue weighted by atomic mass is 9.95.